The van der Waals surface area contributed by atoms with Crippen LogP contribution < -0.4 is 10.2 Å². The van der Waals surface area contributed by atoms with E-state index in [1.54, 1.807) is 30.3 Å². The number of hydrogen-bond donors (Lipinski definition) is 2. The number of carbonyl (C=O) groups excluding carboxylic acids is 3. The highest BCUT2D eigenvalue weighted by molar-refractivity contribution is 7.91. The molecular formula is C24H24N4O5S. The van der Waals surface area contributed by atoms with Crippen LogP contribution in [0.1, 0.15) is 12.0 Å². The van der Waals surface area contributed by atoms with Gasteiger partial charge in [0.25, 0.3) is 5.91 Å². The summed E-state index contributed by atoms with van der Waals surface area (Å²) >= 11 is 0. The summed E-state index contributed by atoms with van der Waals surface area (Å²) in [6, 6.07) is 14.5. The second-order valence-corrected chi connectivity index (χ2v) is 10.9. The average molecular weight is 481 g/mol. The second kappa shape index (κ2) is 8.60. The molecule has 0 bridgehead atoms. The summed E-state index contributed by atoms with van der Waals surface area (Å²) in [5.41, 5.74) is 2.37. The Morgan fingerprint density at radius 2 is 1.79 bits per heavy atom. The van der Waals surface area contributed by atoms with E-state index in [2.05, 4.69) is 10.3 Å². The number of nitrogens with one attached hydrogen (secondary N) is 2. The molecule has 2 aliphatic rings. The molecule has 0 aliphatic carbocycles. The Labute approximate surface area is 196 Å². The molecule has 2 aromatic carbocycles. The molecule has 4 amide bonds. The number of benzene rings is 2. The number of aromatic nitrogens is 1. The van der Waals surface area contributed by atoms with Gasteiger partial charge in [-0.2, -0.15) is 0 Å². The molecule has 0 radical (unpaired) electrons. The zero-order chi connectivity index (χ0) is 23.9. The van der Waals surface area contributed by atoms with E-state index in [1.165, 1.54) is 4.90 Å². The first-order valence-electron chi connectivity index (χ1n) is 11.1. The van der Waals surface area contributed by atoms with Gasteiger partial charge in [-0.25, -0.2) is 13.2 Å². The largest absolute Gasteiger partial charge is 0.361 e. The van der Waals surface area contributed by atoms with Crippen molar-refractivity contribution in [2.45, 2.75) is 24.9 Å². The number of carbonyl (C=O) groups is 3. The van der Waals surface area contributed by atoms with Gasteiger partial charge < -0.3 is 15.2 Å². The van der Waals surface area contributed by atoms with Crippen LogP contribution in [0.15, 0.2) is 60.8 Å². The number of anilines is 1. The van der Waals surface area contributed by atoms with Crippen LogP contribution >= 0.6 is 0 Å². The number of rotatable bonds is 6. The standard InChI is InChI=1S/C24H24N4O5S/c29-22(28(17-6-2-1-3-7-17)18-10-11-34(32,33)15-18)14-27-23(30)21(26-24(27)31)12-16-13-25-20-9-5-4-8-19(16)20/h1-9,13,18,21,25H,10-12,14-15H2,(H,26,31)/t18-,21-/m0/s1. The van der Waals surface area contributed by atoms with Crippen molar-refractivity contribution in [1.82, 2.24) is 15.2 Å². The van der Waals surface area contributed by atoms with Gasteiger partial charge in [0.2, 0.25) is 5.91 Å². The summed E-state index contributed by atoms with van der Waals surface area (Å²) in [6.07, 6.45) is 2.42. The number of imide groups is 1. The summed E-state index contributed by atoms with van der Waals surface area (Å²) in [4.78, 5) is 44.5. The highest BCUT2D eigenvalue weighted by atomic mass is 32.2. The molecule has 3 heterocycles. The van der Waals surface area contributed by atoms with Crippen LogP contribution in [0.2, 0.25) is 0 Å². The van der Waals surface area contributed by atoms with Gasteiger partial charge in [0.15, 0.2) is 9.84 Å². The fraction of sp³-hybridized carbons (Fsp3) is 0.292. The van der Waals surface area contributed by atoms with Crippen LogP contribution in [-0.2, 0) is 25.8 Å². The first kappa shape index (κ1) is 22.1. The molecule has 2 atom stereocenters. The van der Waals surface area contributed by atoms with E-state index in [9.17, 15) is 22.8 Å². The minimum absolute atomic E-state index is 0.00407. The number of H-pyrrole nitrogens is 1. The predicted molar refractivity (Wildman–Crippen MR) is 127 cm³/mol. The highest BCUT2D eigenvalue weighted by Crippen LogP contribution is 2.26. The van der Waals surface area contributed by atoms with E-state index in [0.29, 0.717) is 18.5 Å². The first-order valence-corrected chi connectivity index (χ1v) is 12.9. The van der Waals surface area contributed by atoms with Crippen molar-refractivity contribution in [3.63, 3.8) is 0 Å². The number of urea groups is 1. The Bertz CT molecular complexity index is 1370. The number of sulfone groups is 1. The molecule has 2 saturated heterocycles. The van der Waals surface area contributed by atoms with Gasteiger partial charge in [-0.1, -0.05) is 36.4 Å². The van der Waals surface area contributed by atoms with Crippen LogP contribution in [-0.4, -0.2) is 66.3 Å². The van der Waals surface area contributed by atoms with Crippen molar-refractivity contribution in [2.24, 2.45) is 0 Å². The van der Waals surface area contributed by atoms with Crippen molar-refractivity contribution < 1.29 is 22.8 Å². The van der Waals surface area contributed by atoms with Gasteiger partial charge in [0.1, 0.15) is 12.6 Å². The molecule has 0 saturated carbocycles. The van der Waals surface area contributed by atoms with Crippen LogP contribution in [0.3, 0.4) is 0 Å². The van der Waals surface area contributed by atoms with Gasteiger partial charge in [-0.3, -0.25) is 14.5 Å². The minimum atomic E-state index is -3.24. The fourth-order valence-corrected chi connectivity index (χ4v) is 6.42. The highest BCUT2D eigenvalue weighted by Gasteiger charge is 2.42. The minimum Gasteiger partial charge on any atom is -0.361 e. The van der Waals surface area contributed by atoms with Crippen molar-refractivity contribution in [3.05, 3.63) is 66.4 Å². The van der Waals surface area contributed by atoms with Crippen molar-refractivity contribution in [1.29, 1.82) is 0 Å². The van der Waals surface area contributed by atoms with Crippen LogP contribution in [0.4, 0.5) is 10.5 Å². The molecule has 0 unspecified atom stereocenters. The van der Waals surface area contributed by atoms with Crippen molar-refractivity contribution >= 4 is 44.3 Å². The summed E-state index contributed by atoms with van der Waals surface area (Å²) in [7, 11) is -3.24. The van der Waals surface area contributed by atoms with E-state index in [-0.39, 0.29) is 11.5 Å². The molecule has 34 heavy (non-hydrogen) atoms. The van der Waals surface area contributed by atoms with E-state index in [4.69, 9.17) is 0 Å². The van der Waals surface area contributed by atoms with Crippen LogP contribution in [0.5, 0.6) is 0 Å². The third-order valence-corrected chi connectivity index (χ3v) is 8.13. The maximum Gasteiger partial charge on any atom is 0.325 e. The van der Waals surface area contributed by atoms with Crippen LogP contribution in [0, 0.1) is 0 Å². The summed E-state index contributed by atoms with van der Waals surface area (Å²) in [5.74, 6) is -1.11. The molecule has 2 aliphatic heterocycles. The number of hydrogen-bond acceptors (Lipinski definition) is 5. The van der Waals surface area contributed by atoms with Gasteiger partial charge in [0, 0.05) is 29.2 Å². The predicted octanol–water partition coefficient (Wildman–Crippen LogP) is 1.85. The van der Waals surface area contributed by atoms with Crippen molar-refractivity contribution in [3.8, 4) is 0 Å². The summed E-state index contributed by atoms with van der Waals surface area (Å²) in [6.45, 7) is -0.458. The third-order valence-electron chi connectivity index (χ3n) is 6.38. The Kier molecular flexibility index (Phi) is 5.60. The van der Waals surface area contributed by atoms with E-state index < -0.39 is 46.3 Å². The maximum absolute atomic E-state index is 13.3. The molecule has 0 spiro atoms. The maximum atomic E-state index is 13.3. The molecule has 176 valence electrons. The number of aromatic amines is 1. The van der Waals surface area contributed by atoms with Gasteiger partial charge >= 0.3 is 6.03 Å². The molecule has 5 rings (SSSR count). The number of amides is 4. The Morgan fingerprint density at radius 1 is 1.06 bits per heavy atom. The topological polar surface area (TPSA) is 120 Å². The average Bonchev–Trinajstić information content (AvgIpc) is 3.47. The molecule has 3 aromatic rings. The fourth-order valence-electron chi connectivity index (χ4n) is 4.72. The lowest BCUT2D eigenvalue weighted by Gasteiger charge is -2.29. The Balaban J connectivity index is 1.34. The lowest BCUT2D eigenvalue weighted by atomic mass is 10.1. The second-order valence-electron chi connectivity index (χ2n) is 8.65. The SMILES string of the molecule is O=C1N[C@@H](Cc2c[nH]c3ccccc23)C(=O)N1CC(=O)N(c1ccccc1)[C@H]1CCS(=O)(=O)C1. The normalized spacial score (nSPS) is 21.7. The van der Waals surface area contributed by atoms with Gasteiger partial charge in [-0.15, -0.1) is 0 Å². The molecule has 2 fully saturated rings. The Hall–Kier alpha value is -3.66. The zero-order valence-corrected chi connectivity index (χ0v) is 19.1. The summed E-state index contributed by atoms with van der Waals surface area (Å²) < 4.78 is 24.1. The molecule has 1 aromatic heterocycles. The van der Waals surface area contributed by atoms with Gasteiger partial charge in [0.05, 0.1) is 17.5 Å². The van der Waals surface area contributed by atoms with Crippen LogP contribution in [0.25, 0.3) is 10.9 Å². The molecule has 10 heteroatoms. The lowest BCUT2D eigenvalue weighted by Crippen LogP contribution is -2.48. The lowest BCUT2D eigenvalue weighted by molar-refractivity contribution is -0.131. The van der Waals surface area contributed by atoms with E-state index >= 15 is 0 Å². The smallest absolute Gasteiger partial charge is 0.325 e. The molecular weight excluding hydrogens is 456 g/mol. The monoisotopic (exact) mass is 480 g/mol. The molecule has 2 N–H and O–H groups in total. The Morgan fingerprint density at radius 3 is 2.53 bits per heavy atom. The number of fused-ring (bicyclic) bond motifs is 1. The number of para-hydroxylation sites is 2. The third kappa shape index (κ3) is 4.16. The molecule has 9 nitrogen and oxygen atoms in total. The van der Waals surface area contributed by atoms with E-state index in [0.717, 1.165) is 21.4 Å². The number of nitrogens with zero attached hydrogens (tertiary/aromatic N) is 2. The quantitative estimate of drug-likeness (QED) is 0.522. The zero-order valence-electron chi connectivity index (χ0n) is 18.3. The summed E-state index contributed by atoms with van der Waals surface area (Å²) in [5, 5.41) is 3.65. The van der Waals surface area contributed by atoms with Crippen molar-refractivity contribution in [2.75, 3.05) is 23.0 Å². The first-order chi connectivity index (χ1) is 16.3. The van der Waals surface area contributed by atoms with Gasteiger partial charge in [-0.05, 0) is 30.2 Å². The van der Waals surface area contributed by atoms with E-state index in [1.807, 2.05) is 30.5 Å².